The summed E-state index contributed by atoms with van der Waals surface area (Å²) in [7, 11) is 0. The predicted molar refractivity (Wildman–Crippen MR) is 119 cm³/mol. The van der Waals surface area contributed by atoms with Gasteiger partial charge in [-0.1, -0.05) is 92.6 Å². The van der Waals surface area contributed by atoms with Crippen molar-refractivity contribution in [1.82, 2.24) is 0 Å². The lowest BCUT2D eigenvalue weighted by molar-refractivity contribution is -0.118. The van der Waals surface area contributed by atoms with Crippen LogP contribution in [0.3, 0.4) is 0 Å². The standard InChI is InChI=1S/C27H32O/c1-5-26-23(15-17-27(26)24-10-6-20(4)7-11-24)14-16-25(28)18-21-8-12-22(13-9-21)19(2)3/h6-13,15,17,19,26H,5,14,16,18H2,1-4H3. The molecule has 0 fully saturated rings. The predicted octanol–water partition coefficient (Wildman–Crippen LogP) is 7.06. The van der Waals surface area contributed by atoms with Gasteiger partial charge in [-0.05, 0) is 47.9 Å². The maximum atomic E-state index is 12.5. The van der Waals surface area contributed by atoms with Crippen LogP contribution in [0, 0.1) is 12.8 Å². The molecule has 2 aromatic carbocycles. The molecule has 1 atom stereocenters. The number of allylic oxidation sites excluding steroid dienone is 4. The summed E-state index contributed by atoms with van der Waals surface area (Å²) in [5.74, 6) is 1.30. The lowest BCUT2D eigenvalue weighted by Crippen LogP contribution is -2.07. The van der Waals surface area contributed by atoms with E-state index < -0.39 is 0 Å². The Kier molecular flexibility index (Phi) is 6.67. The fourth-order valence-electron chi connectivity index (χ4n) is 4.03. The SMILES string of the molecule is CCC1C(CCC(=O)Cc2ccc(C(C)C)cc2)=CC=C1c1ccc(C)cc1. The quantitative estimate of drug-likeness (QED) is 0.485. The van der Waals surface area contributed by atoms with Gasteiger partial charge in [0.15, 0.2) is 0 Å². The van der Waals surface area contributed by atoms with Gasteiger partial charge in [0.25, 0.3) is 0 Å². The van der Waals surface area contributed by atoms with Crippen LogP contribution in [-0.4, -0.2) is 5.78 Å². The van der Waals surface area contributed by atoms with Crippen LogP contribution in [0.1, 0.15) is 68.2 Å². The topological polar surface area (TPSA) is 17.1 Å². The Morgan fingerprint density at radius 2 is 1.64 bits per heavy atom. The fraction of sp³-hybridized carbons (Fsp3) is 0.370. The number of ketones is 1. The number of aryl methyl sites for hydroxylation is 1. The monoisotopic (exact) mass is 372 g/mol. The van der Waals surface area contributed by atoms with E-state index in [0.29, 0.717) is 30.5 Å². The van der Waals surface area contributed by atoms with E-state index in [1.54, 1.807) is 0 Å². The average molecular weight is 373 g/mol. The number of hydrogen-bond acceptors (Lipinski definition) is 1. The second-order valence-electron chi connectivity index (χ2n) is 8.30. The van der Waals surface area contributed by atoms with Crippen molar-refractivity contribution < 1.29 is 4.79 Å². The van der Waals surface area contributed by atoms with E-state index in [0.717, 1.165) is 18.4 Å². The van der Waals surface area contributed by atoms with Gasteiger partial charge in [0, 0.05) is 18.8 Å². The van der Waals surface area contributed by atoms with Crippen LogP contribution in [0.2, 0.25) is 0 Å². The summed E-state index contributed by atoms with van der Waals surface area (Å²) >= 11 is 0. The number of carbonyl (C=O) groups excluding carboxylic acids is 1. The largest absolute Gasteiger partial charge is 0.299 e. The first kappa shape index (κ1) is 20.3. The zero-order chi connectivity index (χ0) is 20.1. The van der Waals surface area contributed by atoms with Crippen molar-refractivity contribution >= 4 is 11.4 Å². The molecule has 1 nitrogen and oxygen atoms in total. The van der Waals surface area contributed by atoms with Crippen LogP contribution in [0.15, 0.2) is 66.3 Å². The number of benzene rings is 2. The van der Waals surface area contributed by atoms with Crippen molar-refractivity contribution in [1.29, 1.82) is 0 Å². The van der Waals surface area contributed by atoms with E-state index in [-0.39, 0.29) is 0 Å². The second-order valence-corrected chi connectivity index (χ2v) is 8.30. The van der Waals surface area contributed by atoms with Gasteiger partial charge in [0.05, 0.1) is 0 Å². The smallest absolute Gasteiger partial charge is 0.137 e. The Balaban J connectivity index is 1.55. The molecule has 0 spiro atoms. The minimum Gasteiger partial charge on any atom is -0.299 e. The van der Waals surface area contributed by atoms with E-state index in [1.165, 1.54) is 27.8 Å². The van der Waals surface area contributed by atoms with Gasteiger partial charge in [0.2, 0.25) is 0 Å². The fourth-order valence-corrected chi connectivity index (χ4v) is 4.03. The minimum atomic E-state index is 0.330. The molecule has 0 bridgehead atoms. The molecule has 28 heavy (non-hydrogen) atoms. The van der Waals surface area contributed by atoms with E-state index in [4.69, 9.17) is 0 Å². The summed E-state index contributed by atoms with van der Waals surface area (Å²) < 4.78 is 0. The third kappa shape index (κ3) is 4.90. The van der Waals surface area contributed by atoms with Gasteiger partial charge < -0.3 is 0 Å². The van der Waals surface area contributed by atoms with Crippen LogP contribution in [0.5, 0.6) is 0 Å². The Bertz CT molecular complexity index is 863. The molecule has 3 rings (SSSR count). The van der Waals surface area contributed by atoms with Crippen molar-refractivity contribution in [2.45, 2.75) is 59.3 Å². The molecule has 0 N–H and O–H groups in total. The summed E-state index contributed by atoms with van der Waals surface area (Å²) in [6, 6.07) is 17.3. The molecule has 0 aromatic heterocycles. The highest BCUT2D eigenvalue weighted by Gasteiger charge is 2.22. The Morgan fingerprint density at radius 1 is 0.964 bits per heavy atom. The summed E-state index contributed by atoms with van der Waals surface area (Å²) in [4.78, 5) is 12.5. The number of rotatable bonds is 8. The molecular formula is C27H32O. The maximum absolute atomic E-state index is 12.5. The normalized spacial score (nSPS) is 16.2. The molecule has 0 heterocycles. The second kappa shape index (κ2) is 9.19. The minimum absolute atomic E-state index is 0.330. The molecule has 0 aliphatic heterocycles. The van der Waals surface area contributed by atoms with Gasteiger partial charge >= 0.3 is 0 Å². The molecule has 146 valence electrons. The molecule has 0 radical (unpaired) electrons. The summed E-state index contributed by atoms with van der Waals surface area (Å²) in [6.07, 6.45) is 7.62. The van der Waals surface area contributed by atoms with Crippen molar-refractivity contribution in [3.05, 3.63) is 88.5 Å². The molecule has 1 unspecified atom stereocenters. The highest BCUT2D eigenvalue weighted by atomic mass is 16.1. The van der Waals surface area contributed by atoms with Crippen LogP contribution in [0.25, 0.3) is 5.57 Å². The molecule has 1 aliphatic carbocycles. The first-order valence-electron chi connectivity index (χ1n) is 10.6. The van der Waals surface area contributed by atoms with Gasteiger partial charge in [0.1, 0.15) is 5.78 Å². The summed E-state index contributed by atoms with van der Waals surface area (Å²) in [5.41, 5.74) is 7.85. The molecular weight excluding hydrogens is 340 g/mol. The van der Waals surface area contributed by atoms with E-state index in [9.17, 15) is 4.79 Å². The summed E-state index contributed by atoms with van der Waals surface area (Å²) in [6.45, 7) is 8.75. The number of hydrogen-bond donors (Lipinski definition) is 0. The molecule has 1 heteroatoms. The first-order valence-corrected chi connectivity index (χ1v) is 10.6. The van der Waals surface area contributed by atoms with E-state index >= 15 is 0 Å². The molecule has 0 saturated heterocycles. The van der Waals surface area contributed by atoms with Crippen LogP contribution in [0.4, 0.5) is 0 Å². The van der Waals surface area contributed by atoms with Gasteiger partial charge in [-0.15, -0.1) is 0 Å². The van der Waals surface area contributed by atoms with Crippen LogP contribution >= 0.6 is 0 Å². The van der Waals surface area contributed by atoms with Crippen LogP contribution in [-0.2, 0) is 11.2 Å². The Morgan fingerprint density at radius 3 is 2.25 bits per heavy atom. The first-order chi connectivity index (χ1) is 13.5. The average Bonchev–Trinajstić information content (AvgIpc) is 3.10. The Hall–Kier alpha value is -2.41. The molecule has 0 amide bonds. The number of Topliss-reactive ketones (excluding diaryl/α,β-unsaturated/α-hetero) is 1. The van der Waals surface area contributed by atoms with Gasteiger partial charge in [-0.3, -0.25) is 4.79 Å². The number of carbonyl (C=O) groups is 1. The molecule has 0 saturated carbocycles. The molecule has 1 aliphatic rings. The van der Waals surface area contributed by atoms with Crippen molar-refractivity contribution in [2.75, 3.05) is 0 Å². The Labute approximate surface area is 170 Å². The summed E-state index contributed by atoms with van der Waals surface area (Å²) in [5, 5.41) is 0. The maximum Gasteiger partial charge on any atom is 0.137 e. The van der Waals surface area contributed by atoms with E-state index in [1.807, 2.05) is 0 Å². The highest BCUT2D eigenvalue weighted by Crippen LogP contribution is 2.38. The van der Waals surface area contributed by atoms with Crippen molar-refractivity contribution in [3.8, 4) is 0 Å². The molecule has 2 aromatic rings. The third-order valence-electron chi connectivity index (χ3n) is 5.83. The zero-order valence-corrected chi connectivity index (χ0v) is 17.7. The zero-order valence-electron chi connectivity index (χ0n) is 17.7. The van der Waals surface area contributed by atoms with Gasteiger partial charge in [-0.2, -0.15) is 0 Å². The van der Waals surface area contributed by atoms with Crippen molar-refractivity contribution in [2.24, 2.45) is 5.92 Å². The third-order valence-corrected chi connectivity index (χ3v) is 5.83. The van der Waals surface area contributed by atoms with Crippen molar-refractivity contribution in [3.63, 3.8) is 0 Å². The van der Waals surface area contributed by atoms with Crippen LogP contribution < -0.4 is 0 Å². The van der Waals surface area contributed by atoms with E-state index in [2.05, 4.69) is 88.4 Å². The lowest BCUT2D eigenvalue weighted by atomic mass is 9.86. The highest BCUT2D eigenvalue weighted by molar-refractivity contribution is 5.81. The lowest BCUT2D eigenvalue weighted by Gasteiger charge is -2.18. The van der Waals surface area contributed by atoms with Gasteiger partial charge in [-0.25, -0.2) is 0 Å².